The minimum atomic E-state index is -0.505. The van der Waals surface area contributed by atoms with Gasteiger partial charge in [0.2, 0.25) is 5.78 Å². The molecule has 0 aliphatic carbocycles. The van der Waals surface area contributed by atoms with Crippen molar-refractivity contribution in [3.63, 3.8) is 0 Å². The van der Waals surface area contributed by atoms with Gasteiger partial charge in [-0.25, -0.2) is 0 Å². The van der Waals surface area contributed by atoms with Crippen LogP contribution in [0.4, 0.5) is 0 Å². The van der Waals surface area contributed by atoms with Gasteiger partial charge in [0.25, 0.3) is 0 Å². The molecule has 86 valence electrons. The van der Waals surface area contributed by atoms with Crippen LogP contribution in [0, 0.1) is 0 Å². The van der Waals surface area contributed by atoms with Crippen molar-refractivity contribution < 1.29 is 19.1 Å². The molecule has 16 heavy (non-hydrogen) atoms. The molecule has 1 aromatic rings. The molecule has 0 atom stereocenters. The molecule has 0 unspecified atom stereocenters. The number of Topliss-reactive ketones (excluding diaryl/α,β-unsaturated/α-hetero) is 1. The number of halogens is 1. The standard InChI is InChI=1S/C11H11ClO4/c1-7(13)16-6-10(14)9-5-8(12)3-4-11(9)15-2/h3-5H,6H2,1-2H3. The third-order valence-electron chi connectivity index (χ3n) is 1.87. The summed E-state index contributed by atoms with van der Waals surface area (Å²) in [6.45, 7) is 0.925. The molecule has 1 rings (SSSR count). The molecule has 0 heterocycles. The third-order valence-corrected chi connectivity index (χ3v) is 2.10. The maximum Gasteiger partial charge on any atom is 0.303 e. The number of methoxy groups -OCH3 is 1. The van der Waals surface area contributed by atoms with E-state index < -0.39 is 5.97 Å². The van der Waals surface area contributed by atoms with Crippen molar-refractivity contribution in [2.75, 3.05) is 13.7 Å². The summed E-state index contributed by atoms with van der Waals surface area (Å²) in [6, 6.07) is 4.68. The average Bonchev–Trinajstić information content (AvgIpc) is 2.25. The molecule has 1 aromatic carbocycles. The second-order valence-corrected chi connectivity index (χ2v) is 3.48. The summed E-state index contributed by atoms with van der Waals surface area (Å²) >= 11 is 5.77. The van der Waals surface area contributed by atoms with Crippen LogP contribution in [0.5, 0.6) is 5.75 Å². The summed E-state index contributed by atoms with van der Waals surface area (Å²) in [7, 11) is 1.45. The zero-order valence-corrected chi connectivity index (χ0v) is 9.71. The van der Waals surface area contributed by atoms with Gasteiger partial charge in [-0.3, -0.25) is 9.59 Å². The summed E-state index contributed by atoms with van der Waals surface area (Å²) < 4.78 is 9.62. The quantitative estimate of drug-likeness (QED) is 0.599. The highest BCUT2D eigenvalue weighted by Crippen LogP contribution is 2.23. The van der Waals surface area contributed by atoms with Gasteiger partial charge in [-0.1, -0.05) is 11.6 Å². The number of hydrogen-bond acceptors (Lipinski definition) is 4. The van der Waals surface area contributed by atoms with Crippen LogP contribution in [-0.4, -0.2) is 25.5 Å². The van der Waals surface area contributed by atoms with Crippen LogP contribution in [0.25, 0.3) is 0 Å². The summed E-state index contributed by atoms with van der Waals surface area (Å²) in [6.07, 6.45) is 0. The number of hydrogen-bond donors (Lipinski definition) is 0. The molecule has 4 nitrogen and oxygen atoms in total. The van der Waals surface area contributed by atoms with Crippen LogP contribution >= 0.6 is 11.6 Å². The van der Waals surface area contributed by atoms with Crippen LogP contribution < -0.4 is 4.74 Å². The Hall–Kier alpha value is -1.55. The van der Waals surface area contributed by atoms with E-state index in [2.05, 4.69) is 4.74 Å². The fourth-order valence-corrected chi connectivity index (χ4v) is 1.32. The first-order valence-electron chi connectivity index (χ1n) is 4.54. The van der Waals surface area contributed by atoms with E-state index in [9.17, 15) is 9.59 Å². The molecule has 0 N–H and O–H groups in total. The monoisotopic (exact) mass is 242 g/mol. The van der Waals surface area contributed by atoms with Crippen LogP contribution in [0.1, 0.15) is 17.3 Å². The van der Waals surface area contributed by atoms with Gasteiger partial charge in [-0.05, 0) is 18.2 Å². The van der Waals surface area contributed by atoms with Gasteiger partial charge in [0, 0.05) is 11.9 Å². The third kappa shape index (κ3) is 3.24. The first-order chi connectivity index (χ1) is 7.54. The lowest BCUT2D eigenvalue weighted by molar-refractivity contribution is -0.139. The van der Waals surface area contributed by atoms with Crippen molar-refractivity contribution in [1.29, 1.82) is 0 Å². The van der Waals surface area contributed by atoms with E-state index in [-0.39, 0.29) is 12.4 Å². The van der Waals surface area contributed by atoms with Crippen molar-refractivity contribution in [3.05, 3.63) is 28.8 Å². The summed E-state index contributed by atoms with van der Waals surface area (Å²) in [5.74, 6) is -0.453. The van der Waals surface area contributed by atoms with Gasteiger partial charge in [-0.15, -0.1) is 0 Å². The van der Waals surface area contributed by atoms with Crippen molar-refractivity contribution in [1.82, 2.24) is 0 Å². The van der Waals surface area contributed by atoms with Crippen molar-refractivity contribution in [2.45, 2.75) is 6.92 Å². The number of benzene rings is 1. The molecular weight excluding hydrogens is 232 g/mol. The second-order valence-electron chi connectivity index (χ2n) is 3.05. The molecule has 0 aromatic heterocycles. The van der Waals surface area contributed by atoms with Crippen molar-refractivity contribution in [2.24, 2.45) is 0 Å². The van der Waals surface area contributed by atoms with Crippen molar-refractivity contribution >= 4 is 23.4 Å². The van der Waals surface area contributed by atoms with Gasteiger partial charge in [0.1, 0.15) is 5.75 Å². The zero-order chi connectivity index (χ0) is 12.1. The Morgan fingerprint density at radius 1 is 1.38 bits per heavy atom. The molecule has 0 fully saturated rings. The fourth-order valence-electron chi connectivity index (χ4n) is 1.14. The smallest absolute Gasteiger partial charge is 0.303 e. The molecule has 0 saturated carbocycles. The van der Waals surface area contributed by atoms with Crippen LogP contribution in [0.2, 0.25) is 5.02 Å². The predicted molar refractivity (Wildman–Crippen MR) is 59.0 cm³/mol. The fraction of sp³-hybridized carbons (Fsp3) is 0.273. The van der Waals surface area contributed by atoms with Crippen LogP contribution in [0.15, 0.2) is 18.2 Å². The zero-order valence-electron chi connectivity index (χ0n) is 8.95. The molecule has 0 saturated heterocycles. The summed E-state index contributed by atoms with van der Waals surface area (Å²) in [5, 5.41) is 0.423. The maximum atomic E-state index is 11.7. The van der Waals surface area contributed by atoms with Gasteiger partial charge in [0.05, 0.1) is 12.7 Å². The Balaban J connectivity index is 2.88. The number of rotatable bonds is 4. The molecular formula is C11H11ClO4. The van der Waals surface area contributed by atoms with Gasteiger partial charge < -0.3 is 9.47 Å². The summed E-state index contributed by atoms with van der Waals surface area (Å²) in [5.41, 5.74) is 0.302. The molecule has 0 bridgehead atoms. The number of carbonyl (C=O) groups is 2. The normalized spacial score (nSPS) is 9.69. The lowest BCUT2D eigenvalue weighted by atomic mass is 10.1. The lowest BCUT2D eigenvalue weighted by Gasteiger charge is -2.07. The van der Waals surface area contributed by atoms with Gasteiger partial charge in [-0.2, -0.15) is 0 Å². The van der Waals surface area contributed by atoms with E-state index in [4.69, 9.17) is 16.3 Å². The first-order valence-corrected chi connectivity index (χ1v) is 4.92. The largest absolute Gasteiger partial charge is 0.496 e. The van der Waals surface area contributed by atoms with Crippen LogP contribution in [0.3, 0.4) is 0 Å². The highest BCUT2D eigenvalue weighted by Gasteiger charge is 2.13. The minimum Gasteiger partial charge on any atom is -0.496 e. The molecule has 0 radical (unpaired) electrons. The van der Waals surface area contributed by atoms with Gasteiger partial charge >= 0.3 is 5.97 Å². The Labute approximate surface area is 98.1 Å². The summed E-state index contributed by atoms with van der Waals surface area (Å²) in [4.78, 5) is 22.2. The van der Waals surface area contributed by atoms with E-state index in [0.29, 0.717) is 16.3 Å². The highest BCUT2D eigenvalue weighted by atomic mass is 35.5. The second kappa shape index (κ2) is 5.51. The number of ketones is 1. The van der Waals surface area contributed by atoms with Crippen molar-refractivity contribution in [3.8, 4) is 5.75 Å². The van der Waals surface area contributed by atoms with E-state index in [0.717, 1.165) is 0 Å². The molecule has 0 aliphatic heterocycles. The first kappa shape index (κ1) is 12.5. The maximum absolute atomic E-state index is 11.7. The number of carbonyl (C=O) groups excluding carboxylic acids is 2. The topological polar surface area (TPSA) is 52.6 Å². The SMILES string of the molecule is COc1ccc(Cl)cc1C(=O)COC(C)=O. The molecule has 0 amide bonds. The van der Waals surface area contributed by atoms with E-state index >= 15 is 0 Å². The Bertz CT molecular complexity index is 414. The number of esters is 1. The van der Waals surface area contributed by atoms with Gasteiger partial charge in [0.15, 0.2) is 6.61 Å². The Kier molecular flexibility index (Phi) is 4.31. The van der Waals surface area contributed by atoms with Crippen LogP contribution in [-0.2, 0) is 9.53 Å². The number of ether oxygens (including phenoxy) is 2. The minimum absolute atomic E-state index is 0.302. The predicted octanol–water partition coefficient (Wildman–Crippen LogP) is 2.09. The molecule has 0 spiro atoms. The van der Waals surface area contributed by atoms with E-state index in [1.807, 2.05) is 0 Å². The average molecular weight is 243 g/mol. The van der Waals surface area contributed by atoms with E-state index in [1.54, 1.807) is 12.1 Å². The Morgan fingerprint density at radius 3 is 2.62 bits per heavy atom. The Morgan fingerprint density at radius 2 is 2.06 bits per heavy atom. The molecule has 0 aliphatic rings. The lowest BCUT2D eigenvalue weighted by Crippen LogP contribution is -2.12. The van der Waals surface area contributed by atoms with E-state index in [1.165, 1.54) is 20.1 Å². The molecule has 5 heteroatoms. The highest BCUT2D eigenvalue weighted by molar-refractivity contribution is 6.31.